The fraction of sp³-hybridized carbons (Fsp3) is 0. The van der Waals surface area contributed by atoms with Crippen molar-refractivity contribution in [3.63, 3.8) is 0 Å². The first-order valence-electron chi connectivity index (χ1n) is 6.28. The molecule has 0 bridgehead atoms. The minimum atomic E-state index is -0.577. The smallest absolute Gasteiger partial charge is 0.245 e. The summed E-state index contributed by atoms with van der Waals surface area (Å²) in [6, 6.07) is 13.7. The number of carbonyl (C=O) groups excluding carboxylic acids is 1. The number of hydrogen-bond acceptors (Lipinski definition) is 3. The van der Waals surface area contributed by atoms with E-state index in [1.807, 2.05) is 24.3 Å². The fourth-order valence-corrected chi connectivity index (χ4v) is 1.87. The molecule has 2 aromatic carbocycles. The molecule has 0 radical (unpaired) electrons. The van der Waals surface area contributed by atoms with E-state index in [1.54, 1.807) is 24.3 Å². The van der Waals surface area contributed by atoms with Gasteiger partial charge in [0.2, 0.25) is 0 Å². The van der Waals surface area contributed by atoms with E-state index in [-0.39, 0.29) is 0 Å². The fourth-order valence-electron chi connectivity index (χ4n) is 1.51. The number of nitrogens with zero attached hydrogens (tertiary/aromatic N) is 2. The van der Waals surface area contributed by atoms with E-state index < -0.39 is 6.03 Å². The Morgan fingerprint density at radius 3 is 1.64 bits per heavy atom. The lowest BCUT2D eigenvalue weighted by molar-refractivity contribution is 0.242. The molecule has 22 heavy (non-hydrogen) atoms. The Balaban J connectivity index is 1.84. The molecule has 5 nitrogen and oxygen atoms in total. The molecule has 2 N–H and O–H groups in total. The third-order valence-electron chi connectivity index (χ3n) is 2.55. The summed E-state index contributed by atoms with van der Waals surface area (Å²) in [6.45, 7) is 0. The average Bonchev–Trinajstić information content (AvgIpc) is 2.51. The number of nitrogens with one attached hydrogen (secondary N) is 2. The summed E-state index contributed by atoms with van der Waals surface area (Å²) in [4.78, 5) is 11.5. The zero-order chi connectivity index (χ0) is 15.8. The highest BCUT2D eigenvalue weighted by molar-refractivity contribution is 6.33. The first-order valence-corrected chi connectivity index (χ1v) is 7.03. The first-order chi connectivity index (χ1) is 10.7. The van der Waals surface area contributed by atoms with Crippen LogP contribution in [0.2, 0.25) is 10.0 Å². The van der Waals surface area contributed by atoms with Gasteiger partial charge in [-0.25, -0.2) is 15.6 Å². The molecule has 0 aliphatic heterocycles. The van der Waals surface area contributed by atoms with Gasteiger partial charge in [0.1, 0.15) is 0 Å². The summed E-state index contributed by atoms with van der Waals surface area (Å²) >= 11 is 11.9. The molecule has 2 rings (SSSR count). The van der Waals surface area contributed by atoms with Gasteiger partial charge in [-0.15, -0.1) is 0 Å². The molecule has 0 aliphatic carbocycles. The number of hydrogen-bond donors (Lipinski definition) is 2. The lowest BCUT2D eigenvalue weighted by Gasteiger charge is -1.99. The van der Waals surface area contributed by atoms with Crippen LogP contribution in [0.4, 0.5) is 4.79 Å². The van der Waals surface area contributed by atoms with Gasteiger partial charge in [-0.3, -0.25) is 0 Å². The molecule has 0 atom stereocenters. The zero-order valence-electron chi connectivity index (χ0n) is 11.3. The van der Waals surface area contributed by atoms with Gasteiger partial charge in [0.25, 0.3) is 0 Å². The molecule has 0 unspecified atom stereocenters. The van der Waals surface area contributed by atoms with Gasteiger partial charge in [0.05, 0.1) is 12.4 Å². The molecule has 112 valence electrons. The van der Waals surface area contributed by atoms with Crippen LogP contribution in [-0.2, 0) is 0 Å². The van der Waals surface area contributed by atoms with Gasteiger partial charge in [0, 0.05) is 21.2 Å². The molecule has 0 heterocycles. The Bertz CT molecular complexity index is 657. The van der Waals surface area contributed by atoms with Crippen molar-refractivity contribution < 1.29 is 4.79 Å². The molecule has 2 amide bonds. The van der Waals surface area contributed by atoms with Gasteiger partial charge < -0.3 is 0 Å². The van der Waals surface area contributed by atoms with Crippen LogP contribution in [0.3, 0.4) is 0 Å². The maximum Gasteiger partial charge on any atom is 0.355 e. The maximum absolute atomic E-state index is 11.5. The Morgan fingerprint density at radius 2 is 1.23 bits per heavy atom. The number of halogens is 2. The summed E-state index contributed by atoms with van der Waals surface area (Å²) in [5.41, 5.74) is 5.94. The topological polar surface area (TPSA) is 65.8 Å². The van der Waals surface area contributed by atoms with Gasteiger partial charge in [0.15, 0.2) is 0 Å². The van der Waals surface area contributed by atoms with E-state index >= 15 is 0 Å². The quantitative estimate of drug-likeness (QED) is 0.650. The molecule has 0 saturated heterocycles. The highest BCUT2D eigenvalue weighted by Crippen LogP contribution is 2.12. The highest BCUT2D eigenvalue weighted by atomic mass is 35.5. The van der Waals surface area contributed by atoms with E-state index in [1.165, 1.54) is 12.4 Å². The second-order valence-corrected chi connectivity index (χ2v) is 4.93. The van der Waals surface area contributed by atoms with Crippen LogP contribution in [0.5, 0.6) is 0 Å². The molecule has 0 aliphatic rings. The maximum atomic E-state index is 11.5. The monoisotopic (exact) mass is 334 g/mol. The summed E-state index contributed by atoms with van der Waals surface area (Å²) in [5, 5.41) is 8.64. The highest BCUT2D eigenvalue weighted by Gasteiger charge is 1.97. The number of benzene rings is 2. The summed E-state index contributed by atoms with van der Waals surface area (Å²) in [7, 11) is 0. The second kappa shape index (κ2) is 8.17. The van der Waals surface area contributed by atoms with Crippen molar-refractivity contribution in [1.29, 1.82) is 0 Å². The lowest BCUT2D eigenvalue weighted by Crippen LogP contribution is -2.28. The van der Waals surface area contributed by atoms with Crippen LogP contribution < -0.4 is 10.9 Å². The van der Waals surface area contributed by atoms with Crippen molar-refractivity contribution in [2.75, 3.05) is 0 Å². The van der Waals surface area contributed by atoms with E-state index in [4.69, 9.17) is 23.2 Å². The third kappa shape index (κ3) is 4.87. The van der Waals surface area contributed by atoms with E-state index in [9.17, 15) is 4.79 Å². The molecule has 0 aromatic heterocycles. The van der Waals surface area contributed by atoms with Crippen molar-refractivity contribution in [2.45, 2.75) is 0 Å². The molecule has 2 aromatic rings. The van der Waals surface area contributed by atoms with Crippen molar-refractivity contribution in [3.05, 3.63) is 69.7 Å². The Kier molecular flexibility index (Phi) is 5.94. The van der Waals surface area contributed by atoms with E-state index in [2.05, 4.69) is 21.1 Å². The lowest BCUT2D eigenvalue weighted by atomic mass is 10.2. The Hall–Kier alpha value is -2.37. The van der Waals surface area contributed by atoms with Gasteiger partial charge in [-0.05, 0) is 12.1 Å². The minimum Gasteiger partial charge on any atom is -0.245 e. The Labute approximate surface area is 137 Å². The molecular formula is C15H12Cl2N4O. The average molecular weight is 335 g/mol. The molecule has 0 saturated carbocycles. The zero-order valence-corrected chi connectivity index (χ0v) is 12.8. The first kappa shape index (κ1) is 16.0. The summed E-state index contributed by atoms with van der Waals surface area (Å²) in [6.07, 6.45) is 2.89. The number of hydrazone groups is 2. The van der Waals surface area contributed by atoms with Crippen LogP contribution in [0.25, 0.3) is 0 Å². The number of rotatable bonds is 4. The molecule has 0 fully saturated rings. The van der Waals surface area contributed by atoms with E-state index in [0.29, 0.717) is 21.2 Å². The van der Waals surface area contributed by atoms with Gasteiger partial charge in [-0.2, -0.15) is 10.2 Å². The summed E-state index contributed by atoms with van der Waals surface area (Å²) < 4.78 is 0. The van der Waals surface area contributed by atoms with Crippen LogP contribution in [0, 0.1) is 0 Å². The number of urea groups is 1. The van der Waals surface area contributed by atoms with Crippen molar-refractivity contribution in [2.24, 2.45) is 10.2 Å². The third-order valence-corrected chi connectivity index (χ3v) is 3.24. The second-order valence-electron chi connectivity index (χ2n) is 4.11. The molecule has 7 heteroatoms. The van der Waals surface area contributed by atoms with Crippen LogP contribution in [-0.4, -0.2) is 18.5 Å². The van der Waals surface area contributed by atoms with E-state index in [0.717, 1.165) is 0 Å². The van der Waals surface area contributed by atoms with Crippen LogP contribution >= 0.6 is 23.2 Å². The molecular weight excluding hydrogens is 323 g/mol. The molecule has 0 spiro atoms. The number of carbonyl (C=O) groups is 1. The minimum absolute atomic E-state index is 0.546. The summed E-state index contributed by atoms with van der Waals surface area (Å²) in [5.74, 6) is 0. The SMILES string of the molecule is O=C(NN=Cc1ccccc1Cl)NN=Cc1ccccc1Cl. The predicted octanol–water partition coefficient (Wildman–Crippen LogP) is 3.66. The van der Waals surface area contributed by atoms with Crippen molar-refractivity contribution in [3.8, 4) is 0 Å². The number of amides is 2. The Morgan fingerprint density at radius 1 is 0.818 bits per heavy atom. The van der Waals surface area contributed by atoms with Crippen molar-refractivity contribution >= 4 is 41.7 Å². The predicted molar refractivity (Wildman–Crippen MR) is 89.8 cm³/mol. The van der Waals surface area contributed by atoms with Crippen LogP contribution in [0.15, 0.2) is 58.7 Å². The largest absolute Gasteiger partial charge is 0.355 e. The van der Waals surface area contributed by atoms with Gasteiger partial charge in [-0.1, -0.05) is 59.6 Å². The van der Waals surface area contributed by atoms with Crippen molar-refractivity contribution in [1.82, 2.24) is 10.9 Å². The standard InChI is InChI=1S/C15H12Cl2N4O/c16-13-7-3-1-5-11(13)9-18-20-15(22)21-19-10-12-6-2-4-8-14(12)17/h1-10H,(H2,20,21,22). The van der Waals surface area contributed by atoms with Crippen LogP contribution in [0.1, 0.15) is 11.1 Å². The van der Waals surface area contributed by atoms with Gasteiger partial charge >= 0.3 is 6.03 Å². The normalized spacial score (nSPS) is 11.0.